The molecule has 0 unspecified atom stereocenters. The fourth-order valence-electron chi connectivity index (χ4n) is 3.64. The number of ketones is 1. The van der Waals surface area contributed by atoms with Crippen molar-refractivity contribution in [2.75, 3.05) is 6.54 Å². The van der Waals surface area contributed by atoms with Crippen molar-refractivity contribution in [3.8, 4) is 0 Å². The molecule has 1 saturated carbocycles. The van der Waals surface area contributed by atoms with Gasteiger partial charge in [-0.1, -0.05) is 26.7 Å². The van der Waals surface area contributed by atoms with E-state index in [0.717, 1.165) is 38.5 Å². The molecule has 0 amide bonds. The zero-order valence-electron chi connectivity index (χ0n) is 14.0. The van der Waals surface area contributed by atoms with Crippen LogP contribution in [0, 0.1) is 11.3 Å². The molecule has 1 atom stereocenters. The summed E-state index contributed by atoms with van der Waals surface area (Å²) >= 11 is 0. The molecular formula is C17H27NO5. The predicted octanol–water partition coefficient (Wildman–Crippen LogP) is 2.56. The van der Waals surface area contributed by atoms with Crippen LogP contribution in [0.2, 0.25) is 0 Å². The van der Waals surface area contributed by atoms with Gasteiger partial charge in [0, 0.05) is 12.5 Å². The third-order valence-electron chi connectivity index (χ3n) is 4.76. The lowest BCUT2D eigenvalue weighted by molar-refractivity contribution is -0.197. The van der Waals surface area contributed by atoms with Gasteiger partial charge >= 0.3 is 11.9 Å². The van der Waals surface area contributed by atoms with Gasteiger partial charge in [0.2, 0.25) is 0 Å². The van der Waals surface area contributed by atoms with Crippen LogP contribution in [0.3, 0.4) is 0 Å². The highest BCUT2D eigenvalue weighted by atomic mass is 16.7. The molecule has 6 nitrogen and oxygen atoms in total. The zero-order valence-corrected chi connectivity index (χ0v) is 14.0. The molecule has 0 aromatic rings. The lowest BCUT2D eigenvalue weighted by Crippen LogP contribution is -2.40. The summed E-state index contributed by atoms with van der Waals surface area (Å²) < 4.78 is 0. The first-order chi connectivity index (χ1) is 10.8. The van der Waals surface area contributed by atoms with Crippen LogP contribution in [0.5, 0.6) is 0 Å². The number of carbonyl (C=O) groups excluding carboxylic acids is 2. The van der Waals surface area contributed by atoms with Crippen LogP contribution in [-0.4, -0.2) is 40.5 Å². The Morgan fingerprint density at radius 1 is 1.09 bits per heavy atom. The van der Waals surface area contributed by atoms with Gasteiger partial charge in [-0.2, -0.15) is 0 Å². The minimum absolute atomic E-state index is 0.0279. The van der Waals surface area contributed by atoms with E-state index in [4.69, 9.17) is 9.94 Å². The molecular weight excluding hydrogens is 298 g/mol. The number of aliphatic carboxylic acids is 1. The Labute approximate surface area is 137 Å². The minimum atomic E-state index is -0.932. The van der Waals surface area contributed by atoms with Crippen molar-refractivity contribution in [3.63, 3.8) is 0 Å². The number of Topliss-reactive ketones (excluding diaryl/α,β-unsaturated/α-hetero) is 1. The van der Waals surface area contributed by atoms with Gasteiger partial charge in [0.25, 0.3) is 0 Å². The Morgan fingerprint density at radius 2 is 1.74 bits per heavy atom. The number of hydrogen-bond acceptors (Lipinski definition) is 5. The first-order valence-electron chi connectivity index (χ1n) is 8.51. The average molecular weight is 325 g/mol. The zero-order chi connectivity index (χ0) is 17.0. The number of hydrogen-bond donors (Lipinski definition) is 1. The first-order valence-corrected chi connectivity index (χ1v) is 8.51. The Kier molecular flexibility index (Phi) is 5.79. The maximum absolute atomic E-state index is 12.6. The normalized spacial score (nSPS) is 23.1. The van der Waals surface area contributed by atoms with Crippen molar-refractivity contribution in [2.45, 2.75) is 71.3 Å². The molecule has 130 valence electrons. The molecule has 1 saturated heterocycles. The molecule has 2 fully saturated rings. The highest BCUT2D eigenvalue weighted by Gasteiger charge is 2.38. The summed E-state index contributed by atoms with van der Waals surface area (Å²) in [5, 5.41) is 10.4. The summed E-state index contributed by atoms with van der Waals surface area (Å²) in [5.74, 6) is -1.07. The van der Waals surface area contributed by atoms with Gasteiger partial charge in [-0.15, -0.1) is 5.06 Å². The number of hydroxylamine groups is 2. The van der Waals surface area contributed by atoms with Crippen molar-refractivity contribution < 1.29 is 24.3 Å². The van der Waals surface area contributed by atoms with Gasteiger partial charge < -0.3 is 9.94 Å². The number of nitrogens with zero attached hydrogens (tertiary/aromatic N) is 1. The molecule has 1 heterocycles. The Balaban J connectivity index is 1.89. The van der Waals surface area contributed by atoms with Gasteiger partial charge in [0.05, 0.1) is 12.8 Å². The summed E-state index contributed by atoms with van der Waals surface area (Å²) in [6, 6.07) is -0.315. The van der Waals surface area contributed by atoms with E-state index in [1.54, 1.807) is 13.8 Å². The fraction of sp³-hybridized carbons (Fsp3) is 0.824. The second-order valence-corrected chi connectivity index (χ2v) is 7.56. The van der Waals surface area contributed by atoms with Crippen molar-refractivity contribution in [1.82, 2.24) is 5.06 Å². The summed E-state index contributed by atoms with van der Waals surface area (Å²) in [5.41, 5.74) is -0.659. The summed E-state index contributed by atoms with van der Waals surface area (Å²) in [4.78, 5) is 40.9. The van der Waals surface area contributed by atoms with Crippen LogP contribution in [-0.2, 0) is 19.2 Å². The number of carbonyl (C=O) groups is 3. The summed E-state index contributed by atoms with van der Waals surface area (Å²) in [6.07, 6.45) is 5.62. The molecule has 23 heavy (non-hydrogen) atoms. The minimum Gasteiger partial charge on any atom is -0.481 e. The van der Waals surface area contributed by atoms with Crippen LogP contribution in [0.25, 0.3) is 0 Å². The molecule has 0 spiro atoms. The van der Waals surface area contributed by atoms with Crippen LogP contribution in [0.1, 0.15) is 65.2 Å². The van der Waals surface area contributed by atoms with Gasteiger partial charge in [-0.25, -0.2) is 0 Å². The van der Waals surface area contributed by atoms with Crippen molar-refractivity contribution in [1.29, 1.82) is 0 Å². The number of carboxylic acids is 1. The third-order valence-corrected chi connectivity index (χ3v) is 4.76. The van der Waals surface area contributed by atoms with Gasteiger partial charge in [0.1, 0.15) is 6.04 Å². The highest BCUT2D eigenvalue weighted by molar-refractivity contribution is 5.86. The standard InChI is InChI=1S/C17H27NO5/c1-17(2,10-14(19)20)11-15(21)23-18-9-5-8-13(18)16(22)12-6-3-4-7-12/h12-13H,3-11H2,1-2H3,(H,19,20)/t13-/m0/s1. The smallest absolute Gasteiger partial charge is 0.325 e. The molecule has 2 rings (SSSR count). The van der Waals surface area contributed by atoms with Gasteiger partial charge in [-0.3, -0.25) is 14.4 Å². The van der Waals surface area contributed by atoms with Crippen LogP contribution >= 0.6 is 0 Å². The predicted molar refractivity (Wildman–Crippen MR) is 83.4 cm³/mol. The molecule has 1 aliphatic carbocycles. The topological polar surface area (TPSA) is 83.9 Å². The van der Waals surface area contributed by atoms with Crippen LogP contribution in [0.4, 0.5) is 0 Å². The molecule has 0 aromatic carbocycles. The Hall–Kier alpha value is -1.43. The molecule has 6 heteroatoms. The van der Waals surface area contributed by atoms with E-state index in [9.17, 15) is 14.4 Å². The summed E-state index contributed by atoms with van der Waals surface area (Å²) in [6.45, 7) is 4.04. The second-order valence-electron chi connectivity index (χ2n) is 7.56. The second kappa shape index (κ2) is 7.43. The molecule has 0 radical (unpaired) electrons. The fourth-order valence-corrected chi connectivity index (χ4v) is 3.64. The van der Waals surface area contributed by atoms with Crippen LogP contribution in [0.15, 0.2) is 0 Å². The number of rotatable bonds is 7. The maximum atomic E-state index is 12.6. The Morgan fingerprint density at radius 3 is 2.35 bits per heavy atom. The molecule has 1 aliphatic heterocycles. The Bertz CT molecular complexity index is 468. The average Bonchev–Trinajstić information content (AvgIpc) is 3.05. The number of carboxylic acid groups (broad SMARTS) is 1. The van der Waals surface area contributed by atoms with E-state index in [1.165, 1.54) is 5.06 Å². The lowest BCUT2D eigenvalue weighted by atomic mass is 9.86. The quantitative estimate of drug-likeness (QED) is 0.774. The molecule has 1 N–H and O–H groups in total. The highest BCUT2D eigenvalue weighted by Crippen LogP contribution is 2.31. The molecule has 0 aromatic heterocycles. The SMILES string of the molecule is CC(C)(CC(=O)O)CC(=O)ON1CCC[C@H]1C(=O)C1CCCC1. The van der Waals surface area contributed by atoms with Gasteiger partial charge in [0.15, 0.2) is 5.78 Å². The van der Waals surface area contributed by atoms with E-state index in [1.807, 2.05) is 0 Å². The van der Waals surface area contributed by atoms with Gasteiger partial charge in [-0.05, 0) is 31.1 Å². The largest absolute Gasteiger partial charge is 0.481 e. The lowest BCUT2D eigenvalue weighted by Gasteiger charge is -2.26. The summed E-state index contributed by atoms with van der Waals surface area (Å²) in [7, 11) is 0. The molecule has 2 aliphatic rings. The van der Waals surface area contributed by atoms with E-state index < -0.39 is 17.4 Å². The van der Waals surface area contributed by atoms with Crippen molar-refractivity contribution in [3.05, 3.63) is 0 Å². The molecule has 0 bridgehead atoms. The third kappa shape index (κ3) is 5.03. The van der Waals surface area contributed by atoms with E-state index in [2.05, 4.69) is 0 Å². The van der Waals surface area contributed by atoms with E-state index >= 15 is 0 Å². The monoisotopic (exact) mass is 325 g/mol. The van der Waals surface area contributed by atoms with E-state index in [-0.39, 0.29) is 30.6 Å². The van der Waals surface area contributed by atoms with Crippen molar-refractivity contribution in [2.24, 2.45) is 11.3 Å². The maximum Gasteiger partial charge on any atom is 0.325 e. The van der Waals surface area contributed by atoms with Crippen molar-refractivity contribution >= 4 is 17.7 Å². The first kappa shape index (κ1) is 17.9. The van der Waals surface area contributed by atoms with E-state index in [0.29, 0.717) is 6.54 Å². The van der Waals surface area contributed by atoms with Crippen LogP contribution < -0.4 is 0 Å².